The first-order valence-electron chi connectivity index (χ1n) is 7.30. The maximum atomic E-state index is 11.8. The van der Waals surface area contributed by atoms with E-state index >= 15 is 0 Å². The van der Waals surface area contributed by atoms with Gasteiger partial charge in [0.1, 0.15) is 0 Å². The zero-order valence-electron chi connectivity index (χ0n) is 12.1. The van der Waals surface area contributed by atoms with Crippen molar-refractivity contribution in [1.29, 1.82) is 0 Å². The van der Waals surface area contributed by atoms with Crippen LogP contribution < -0.4 is 5.32 Å². The summed E-state index contributed by atoms with van der Waals surface area (Å²) in [5, 5.41) is 2.75. The van der Waals surface area contributed by atoms with Crippen molar-refractivity contribution in [3.05, 3.63) is 35.4 Å². The smallest absolute Gasteiger partial charge is 0.225 e. The molecular weight excluding hydrogens is 252 g/mol. The normalized spacial score (nSPS) is 29.4. The lowest BCUT2D eigenvalue weighted by Crippen LogP contribution is -2.44. The quantitative estimate of drug-likeness (QED) is 0.904. The Morgan fingerprint density at radius 1 is 1.35 bits per heavy atom. The molecule has 1 aromatic carbocycles. The van der Waals surface area contributed by atoms with Gasteiger partial charge in [0.2, 0.25) is 5.91 Å². The van der Waals surface area contributed by atoms with Gasteiger partial charge in [-0.25, -0.2) is 0 Å². The fourth-order valence-corrected chi connectivity index (χ4v) is 3.28. The van der Waals surface area contributed by atoms with Crippen LogP contribution >= 0.6 is 0 Å². The minimum atomic E-state index is 0.0213. The number of carbonyl (C=O) groups excluding carboxylic acids is 1. The van der Waals surface area contributed by atoms with E-state index in [9.17, 15) is 4.79 Å². The summed E-state index contributed by atoms with van der Waals surface area (Å²) in [4.78, 5) is 14.3. The number of ether oxygens (including phenoxy) is 1. The number of morpholine rings is 1. The number of rotatable bonds is 3. The molecule has 0 spiro atoms. The fourth-order valence-electron chi connectivity index (χ4n) is 3.28. The predicted octanol–water partition coefficient (Wildman–Crippen LogP) is 1.33. The van der Waals surface area contributed by atoms with Crippen molar-refractivity contribution in [3.8, 4) is 0 Å². The highest BCUT2D eigenvalue weighted by molar-refractivity contribution is 5.79. The molecule has 4 heteroatoms. The molecule has 0 aromatic heterocycles. The Balaban J connectivity index is 1.64. The lowest BCUT2D eigenvalue weighted by molar-refractivity contribution is -0.127. The number of likely N-dealkylation sites (tertiary alicyclic amines) is 1. The average Bonchev–Trinajstić information content (AvgIpc) is 2.75. The zero-order valence-corrected chi connectivity index (χ0v) is 12.1. The third-order valence-corrected chi connectivity index (χ3v) is 4.34. The molecule has 4 nitrogen and oxygen atoms in total. The van der Waals surface area contributed by atoms with Crippen LogP contribution in [0.1, 0.15) is 17.5 Å². The van der Waals surface area contributed by atoms with E-state index in [-0.39, 0.29) is 24.0 Å². The van der Waals surface area contributed by atoms with Gasteiger partial charge in [0, 0.05) is 26.7 Å². The molecule has 3 rings (SSSR count). The van der Waals surface area contributed by atoms with Crippen LogP contribution in [0, 0.1) is 12.8 Å². The molecule has 1 aromatic rings. The number of nitrogens with one attached hydrogen (secondary N) is 1. The molecule has 20 heavy (non-hydrogen) atoms. The van der Waals surface area contributed by atoms with Crippen molar-refractivity contribution in [3.63, 3.8) is 0 Å². The van der Waals surface area contributed by atoms with Crippen molar-refractivity contribution in [1.82, 2.24) is 10.2 Å². The Bertz CT molecular complexity index is 486. The lowest BCUT2D eigenvalue weighted by Gasteiger charge is -2.32. The molecule has 1 N–H and O–H groups in total. The van der Waals surface area contributed by atoms with Gasteiger partial charge in [-0.15, -0.1) is 0 Å². The average molecular weight is 274 g/mol. The lowest BCUT2D eigenvalue weighted by atomic mass is 10.00. The number of aryl methyl sites for hydroxylation is 1. The largest absolute Gasteiger partial charge is 0.371 e. The van der Waals surface area contributed by atoms with E-state index in [1.165, 1.54) is 11.1 Å². The van der Waals surface area contributed by atoms with Crippen LogP contribution in [0.5, 0.6) is 0 Å². The summed E-state index contributed by atoms with van der Waals surface area (Å²) in [5.74, 6) is 0.141. The van der Waals surface area contributed by atoms with Gasteiger partial charge in [-0.05, 0) is 18.9 Å². The topological polar surface area (TPSA) is 41.6 Å². The van der Waals surface area contributed by atoms with Crippen LogP contribution in [0.2, 0.25) is 0 Å². The van der Waals surface area contributed by atoms with Crippen molar-refractivity contribution >= 4 is 5.91 Å². The molecule has 0 radical (unpaired) electrons. The van der Waals surface area contributed by atoms with Crippen molar-refractivity contribution in [2.45, 2.75) is 32.1 Å². The monoisotopic (exact) mass is 274 g/mol. The highest BCUT2D eigenvalue weighted by atomic mass is 16.5. The van der Waals surface area contributed by atoms with Crippen LogP contribution in [-0.4, -0.2) is 43.2 Å². The first kappa shape index (κ1) is 13.6. The number of benzene rings is 1. The summed E-state index contributed by atoms with van der Waals surface area (Å²) in [5.41, 5.74) is 2.61. The number of amides is 1. The highest BCUT2D eigenvalue weighted by Crippen LogP contribution is 2.32. The van der Waals surface area contributed by atoms with Gasteiger partial charge in [0.05, 0.1) is 18.1 Å². The summed E-state index contributed by atoms with van der Waals surface area (Å²) < 4.78 is 5.92. The molecule has 2 bridgehead atoms. The van der Waals surface area contributed by atoms with Gasteiger partial charge < -0.3 is 10.1 Å². The van der Waals surface area contributed by atoms with E-state index in [0.29, 0.717) is 0 Å². The first-order valence-corrected chi connectivity index (χ1v) is 7.30. The SMILES string of the molecule is CNC(=O)[C@@H]1C[C@H]2CN(Cc3ccc(C)cc3)C[C@@H]1O2. The second-order valence-electron chi connectivity index (χ2n) is 5.93. The Morgan fingerprint density at radius 3 is 2.80 bits per heavy atom. The number of carbonyl (C=O) groups is 1. The standard InChI is InChI=1S/C16H22N2O2/c1-11-3-5-12(6-4-11)8-18-9-13-7-14(16(19)17-2)15(10-18)20-13/h3-6,13-15H,7-10H2,1-2H3,(H,17,19)/t13-,14+,15-/m0/s1. The minimum Gasteiger partial charge on any atom is -0.371 e. The van der Waals surface area contributed by atoms with E-state index < -0.39 is 0 Å². The third kappa shape index (κ3) is 2.72. The molecule has 0 saturated carbocycles. The number of nitrogens with zero attached hydrogens (tertiary/aromatic N) is 1. The van der Waals surface area contributed by atoms with Gasteiger partial charge in [-0.2, -0.15) is 0 Å². The Hall–Kier alpha value is -1.39. The molecule has 2 fully saturated rings. The third-order valence-electron chi connectivity index (χ3n) is 4.34. The van der Waals surface area contributed by atoms with Gasteiger partial charge in [-0.3, -0.25) is 9.69 Å². The molecule has 108 valence electrons. The fraction of sp³-hybridized carbons (Fsp3) is 0.562. The van der Waals surface area contributed by atoms with Crippen LogP contribution in [0.4, 0.5) is 0 Å². The van der Waals surface area contributed by atoms with Crippen molar-refractivity contribution < 1.29 is 9.53 Å². The van der Waals surface area contributed by atoms with Crippen LogP contribution in [0.25, 0.3) is 0 Å². The summed E-state index contributed by atoms with van der Waals surface area (Å²) in [6, 6.07) is 8.67. The molecule has 2 heterocycles. The van der Waals surface area contributed by atoms with E-state index in [1.807, 2.05) is 0 Å². The molecule has 1 amide bonds. The predicted molar refractivity (Wildman–Crippen MR) is 77.3 cm³/mol. The van der Waals surface area contributed by atoms with Gasteiger partial charge in [0.25, 0.3) is 0 Å². The Kier molecular flexibility index (Phi) is 3.76. The van der Waals surface area contributed by atoms with E-state index in [1.54, 1.807) is 7.05 Å². The second-order valence-corrected chi connectivity index (χ2v) is 5.93. The molecule has 0 aliphatic carbocycles. The summed E-state index contributed by atoms with van der Waals surface area (Å²) in [6.07, 6.45) is 1.12. The van der Waals surface area contributed by atoms with E-state index in [4.69, 9.17) is 4.74 Å². The molecule has 2 saturated heterocycles. The number of fused-ring (bicyclic) bond motifs is 2. The molecule has 3 atom stereocenters. The summed E-state index contributed by atoms with van der Waals surface area (Å²) in [7, 11) is 1.70. The highest BCUT2D eigenvalue weighted by Gasteiger charge is 2.44. The first-order chi connectivity index (χ1) is 9.65. The van der Waals surface area contributed by atoms with Crippen molar-refractivity contribution in [2.24, 2.45) is 5.92 Å². The van der Waals surface area contributed by atoms with Crippen LogP contribution in [0.15, 0.2) is 24.3 Å². The molecule has 0 unspecified atom stereocenters. The van der Waals surface area contributed by atoms with E-state index in [0.717, 1.165) is 26.1 Å². The number of hydrogen-bond donors (Lipinski definition) is 1. The molecule has 2 aliphatic rings. The van der Waals surface area contributed by atoms with Gasteiger partial charge in [-0.1, -0.05) is 29.8 Å². The maximum absolute atomic E-state index is 11.8. The summed E-state index contributed by atoms with van der Waals surface area (Å²) in [6.45, 7) is 4.82. The van der Waals surface area contributed by atoms with E-state index in [2.05, 4.69) is 41.4 Å². The zero-order chi connectivity index (χ0) is 14.1. The Labute approximate surface area is 120 Å². The van der Waals surface area contributed by atoms with Crippen LogP contribution in [-0.2, 0) is 16.1 Å². The van der Waals surface area contributed by atoms with Crippen LogP contribution in [0.3, 0.4) is 0 Å². The van der Waals surface area contributed by atoms with Crippen molar-refractivity contribution in [2.75, 3.05) is 20.1 Å². The number of hydrogen-bond acceptors (Lipinski definition) is 3. The second kappa shape index (κ2) is 5.54. The molecule has 2 aliphatic heterocycles. The van der Waals surface area contributed by atoms with Gasteiger partial charge in [0.15, 0.2) is 0 Å². The Morgan fingerprint density at radius 2 is 2.10 bits per heavy atom. The minimum absolute atomic E-state index is 0.0213. The summed E-state index contributed by atoms with van der Waals surface area (Å²) >= 11 is 0. The van der Waals surface area contributed by atoms with Gasteiger partial charge >= 0.3 is 0 Å². The maximum Gasteiger partial charge on any atom is 0.225 e. The molecular formula is C16H22N2O2.